The Kier molecular flexibility index (Phi) is 6.79. The number of hydrogen-bond donors (Lipinski definition) is 1. The van der Waals surface area contributed by atoms with Crippen LogP contribution >= 0.6 is 0 Å². The summed E-state index contributed by atoms with van der Waals surface area (Å²) in [6.07, 6.45) is 0.640. The van der Waals surface area contributed by atoms with Crippen LogP contribution in [0, 0.1) is 13.8 Å². The van der Waals surface area contributed by atoms with E-state index >= 15 is 0 Å². The molecule has 186 valence electrons. The van der Waals surface area contributed by atoms with Crippen molar-refractivity contribution in [1.82, 2.24) is 9.55 Å². The normalized spacial score (nSPS) is 16.6. The number of hydrogen-bond acceptors (Lipinski definition) is 4. The Hall–Kier alpha value is -3.64. The number of aliphatic hydroxyl groups is 1. The van der Waals surface area contributed by atoms with Gasteiger partial charge in [-0.1, -0.05) is 48.9 Å². The number of aromatic nitrogens is 2. The number of benzene rings is 3. The molecule has 1 N–H and O–H groups in total. The zero-order chi connectivity index (χ0) is 25.2. The lowest BCUT2D eigenvalue weighted by Gasteiger charge is -2.19. The molecule has 6 nitrogen and oxygen atoms in total. The van der Waals surface area contributed by atoms with Crippen molar-refractivity contribution in [1.29, 1.82) is 0 Å². The number of fused-ring (bicyclic) bond motifs is 1. The van der Waals surface area contributed by atoms with Gasteiger partial charge in [-0.3, -0.25) is 4.79 Å². The number of aryl methyl sites for hydroxylation is 3. The van der Waals surface area contributed by atoms with Gasteiger partial charge < -0.3 is 19.3 Å². The average Bonchev–Trinajstić information content (AvgIpc) is 3.44. The summed E-state index contributed by atoms with van der Waals surface area (Å²) in [5, 5.41) is 10.9. The zero-order valence-electron chi connectivity index (χ0n) is 21.1. The number of nitrogens with zero attached hydrogens (tertiary/aromatic N) is 3. The fourth-order valence-corrected chi connectivity index (χ4v) is 5.05. The number of imidazole rings is 1. The molecule has 1 aliphatic heterocycles. The van der Waals surface area contributed by atoms with Gasteiger partial charge in [-0.2, -0.15) is 0 Å². The van der Waals surface area contributed by atoms with Crippen LogP contribution in [-0.4, -0.2) is 39.8 Å². The highest BCUT2D eigenvalue weighted by Gasteiger charge is 2.35. The van der Waals surface area contributed by atoms with Crippen LogP contribution in [0.4, 0.5) is 5.69 Å². The summed E-state index contributed by atoms with van der Waals surface area (Å²) in [6.45, 7) is 7.27. The third-order valence-electron chi connectivity index (χ3n) is 6.99. The smallest absolute Gasteiger partial charge is 0.227 e. The van der Waals surface area contributed by atoms with Crippen LogP contribution in [0.15, 0.2) is 66.7 Å². The minimum Gasteiger partial charge on any atom is -0.491 e. The largest absolute Gasteiger partial charge is 0.491 e. The molecule has 0 unspecified atom stereocenters. The maximum absolute atomic E-state index is 13.0. The van der Waals surface area contributed by atoms with E-state index in [0.29, 0.717) is 19.5 Å². The number of anilines is 1. The molecule has 5 rings (SSSR count). The number of carbonyl (C=O) groups is 1. The molecule has 0 spiro atoms. The predicted octanol–water partition coefficient (Wildman–Crippen LogP) is 5.18. The predicted molar refractivity (Wildman–Crippen MR) is 143 cm³/mol. The van der Waals surface area contributed by atoms with Gasteiger partial charge in [0.25, 0.3) is 0 Å². The molecule has 1 fully saturated rings. The van der Waals surface area contributed by atoms with Crippen molar-refractivity contribution in [3.05, 3.63) is 89.2 Å². The lowest BCUT2D eigenvalue weighted by atomic mass is 10.1. The summed E-state index contributed by atoms with van der Waals surface area (Å²) in [4.78, 5) is 19.8. The first-order chi connectivity index (χ1) is 17.4. The first-order valence-electron chi connectivity index (χ1n) is 12.7. The lowest BCUT2D eigenvalue weighted by Crippen LogP contribution is -2.26. The summed E-state index contributed by atoms with van der Waals surface area (Å²) >= 11 is 0. The number of carbonyl (C=O) groups excluding carboxylic acids is 1. The van der Waals surface area contributed by atoms with Gasteiger partial charge in [0.15, 0.2) is 0 Å². The molecule has 0 saturated carbocycles. The van der Waals surface area contributed by atoms with Crippen molar-refractivity contribution in [3.63, 3.8) is 0 Å². The quantitative estimate of drug-likeness (QED) is 0.375. The molecule has 0 aliphatic carbocycles. The number of para-hydroxylation sites is 2. The monoisotopic (exact) mass is 483 g/mol. The molecule has 1 aliphatic rings. The van der Waals surface area contributed by atoms with E-state index in [0.717, 1.165) is 40.3 Å². The number of amides is 1. The van der Waals surface area contributed by atoms with E-state index in [1.807, 2.05) is 67.3 Å². The van der Waals surface area contributed by atoms with Gasteiger partial charge in [0, 0.05) is 24.6 Å². The van der Waals surface area contributed by atoms with Crippen LogP contribution in [0.5, 0.6) is 5.75 Å². The van der Waals surface area contributed by atoms with E-state index in [4.69, 9.17) is 9.72 Å². The molecule has 1 saturated heterocycles. The van der Waals surface area contributed by atoms with E-state index in [1.165, 1.54) is 11.1 Å². The van der Waals surface area contributed by atoms with Crippen molar-refractivity contribution in [2.24, 2.45) is 0 Å². The van der Waals surface area contributed by atoms with Gasteiger partial charge in [0.2, 0.25) is 5.91 Å². The lowest BCUT2D eigenvalue weighted by molar-refractivity contribution is -0.117. The third-order valence-corrected chi connectivity index (χ3v) is 6.99. The summed E-state index contributed by atoms with van der Waals surface area (Å²) in [5.74, 6) is 1.66. The van der Waals surface area contributed by atoms with Crippen molar-refractivity contribution in [3.8, 4) is 5.75 Å². The second kappa shape index (κ2) is 10.2. The van der Waals surface area contributed by atoms with Crippen molar-refractivity contribution >= 4 is 22.6 Å². The van der Waals surface area contributed by atoms with Crippen LogP contribution < -0.4 is 9.64 Å². The topological polar surface area (TPSA) is 67.6 Å². The zero-order valence-corrected chi connectivity index (χ0v) is 21.1. The van der Waals surface area contributed by atoms with Crippen molar-refractivity contribution < 1.29 is 14.6 Å². The van der Waals surface area contributed by atoms with E-state index in [1.54, 1.807) is 0 Å². The number of ether oxygens (including phenoxy) is 1. The van der Waals surface area contributed by atoms with Crippen molar-refractivity contribution in [2.45, 2.75) is 52.2 Å². The minimum absolute atomic E-state index is 0.0526. The van der Waals surface area contributed by atoms with Crippen LogP contribution in [0.1, 0.15) is 41.8 Å². The molecule has 0 radical (unpaired) electrons. The molecule has 1 amide bonds. The van der Waals surface area contributed by atoms with Crippen molar-refractivity contribution in [2.75, 3.05) is 18.1 Å². The SMILES string of the molecule is CCc1ccc(N2C[C@H](c3nc4ccccc4n3C[C@@H](O)COc3ccc(C)cc3C)CC2=O)cc1. The second-order valence-electron chi connectivity index (χ2n) is 9.73. The van der Waals surface area contributed by atoms with Gasteiger partial charge in [0.05, 0.1) is 17.6 Å². The van der Waals surface area contributed by atoms with Gasteiger partial charge >= 0.3 is 0 Å². The minimum atomic E-state index is -0.725. The number of aliphatic hydroxyl groups excluding tert-OH is 1. The highest BCUT2D eigenvalue weighted by atomic mass is 16.5. The molecule has 36 heavy (non-hydrogen) atoms. The Morgan fingerprint density at radius 2 is 1.86 bits per heavy atom. The Balaban J connectivity index is 1.36. The highest BCUT2D eigenvalue weighted by molar-refractivity contribution is 5.96. The molecular formula is C30H33N3O3. The molecule has 3 aromatic carbocycles. The van der Waals surface area contributed by atoms with E-state index in [-0.39, 0.29) is 18.4 Å². The second-order valence-corrected chi connectivity index (χ2v) is 9.73. The Labute approximate surface area is 212 Å². The van der Waals surface area contributed by atoms with Gasteiger partial charge in [0.1, 0.15) is 24.3 Å². The summed E-state index contributed by atoms with van der Waals surface area (Å²) < 4.78 is 8.01. The van der Waals surface area contributed by atoms with Gasteiger partial charge in [-0.15, -0.1) is 0 Å². The molecule has 6 heteroatoms. The third kappa shape index (κ3) is 4.86. The summed E-state index contributed by atoms with van der Waals surface area (Å²) in [7, 11) is 0. The Morgan fingerprint density at radius 3 is 2.61 bits per heavy atom. The molecule has 2 heterocycles. The molecule has 0 bridgehead atoms. The summed E-state index contributed by atoms with van der Waals surface area (Å²) in [5.41, 5.74) is 6.22. The summed E-state index contributed by atoms with van der Waals surface area (Å²) in [6, 6.07) is 22.2. The van der Waals surface area contributed by atoms with Crippen LogP contribution in [-0.2, 0) is 17.8 Å². The first kappa shape index (κ1) is 24.1. The Morgan fingerprint density at radius 1 is 1.08 bits per heavy atom. The van der Waals surface area contributed by atoms with Crippen LogP contribution in [0.2, 0.25) is 0 Å². The van der Waals surface area contributed by atoms with E-state index in [2.05, 4.69) is 29.7 Å². The first-order valence-corrected chi connectivity index (χ1v) is 12.7. The average molecular weight is 484 g/mol. The highest BCUT2D eigenvalue weighted by Crippen LogP contribution is 2.33. The van der Waals surface area contributed by atoms with E-state index < -0.39 is 6.10 Å². The molecular weight excluding hydrogens is 450 g/mol. The maximum Gasteiger partial charge on any atom is 0.227 e. The van der Waals surface area contributed by atoms with Gasteiger partial charge in [-0.25, -0.2) is 4.98 Å². The van der Waals surface area contributed by atoms with Crippen LogP contribution in [0.3, 0.4) is 0 Å². The van der Waals surface area contributed by atoms with Crippen LogP contribution in [0.25, 0.3) is 11.0 Å². The molecule has 1 aromatic heterocycles. The fourth-order valence-electron chi connectivity index (χ4n) is 5.05. The maximum atomic E-state index is 13.0. The fraction of sp³-hybridized carbons (Fsp3) is 0.333. The standard InChI is InChI=1S/C30H33N3O3/c1-4-22-10-12-24(13-11-22)32-17-23(16-29(32)35)30-31-26-7-5-6-8-27(26)33(30)18-25(34)19-36-28-14-9-20(2)15-21(28)3/h5-15,23,25,34H,4,16-19H2,1-3H3/t23-,25-/m1/s1. The van der Waals surface area contributed by atoms with E-state index in [9.17, 15) is 9.90 Å². The number of rotatable bonds is 8. The molecule has 2 atom stereocenters. The van der Waals surface area contributed by atoms with Gasteiger partial charge in [-0.05, 0) is 61.7 Å². The molecule has 4 aromatic rings. The Bertz CT molecular complexity index is 1380.